The summed E-state index contributed by atoms with van der Waals surface area (Å²) in [5.74, 6) is 0.847. The van der Waals surface area contributed by atoms with Crippen LogP contribution in [0.15, 0.2) is 6.20 Å². The predicted molar refractivity (Wildman–Crippen MR) is 72.1 cm³/mol. The zero-order valence-electron chi connectivity index (χ0n) is 11.9. The van der Waals surface area contributed by atoms with Gasteiger partial charge in [0.05, 0.1) is 13.3 Å². The molecule has 0 aliphatic carbocycles. The molecule has 0 amide bonds. The summed E-state index contributed by atoms with van der Waals surface area (Å²) in [4.78, 5) is 12.6. The average molecular weight is 252 g/mol. The van der Waals surface area contributed by atoms with E-state index >= 15 is 0 Å². The summed E-state index contributed by atoms with van der Waals surface area (Å²) in [7, 11) is 1.58. The number of aromatic nitrogens is 2. The molecular formula is C14H24N2O2. The van der Waals surface area contributed by atoms with Crippen molar-refractivity contribution in [3.05, 3.63) is 11.9 Å². The van der Waals surface area contributed by atoms with Gasteiger partial charge in [-0.2, -0.15) is 5.10 Å². The van der Waals surface area contributed by atoms with Crippen LogP contribution in [0.5, 0.6) is 5.75 Å². The zero-order valence-corrected chi connectivity index (χ0v) is 11.9. The van der Waals surface area contributed by atoms with Crippen LogP contribution >= 0.6 is 0 Å². The molecule has 0 fully saturated rings. The van der Waals surface area contributed by atoms with Crippen molar-refractivity contribution in [2.75, 3.05) is 7.11 Å². The second-order valence-corrected chi connectivity index (χ2v) is 4.49. The van der Waals surface area contributed by atoms with E-state index < -0.39 is 0 Å². The van der Waals surface area contributed by atoms with Gasteiger partial charge in [-0.1, -0.05) is 26.7 Å². The minimum absolute atomic E-state index is 0.0841. The Hall–Kier alpha value is -1.32. The normalized spacial score (nSPS) is 12.4. The van der Waals surface area contributed by atoms with Crippen LogP contribution in [0.2, 0.25) is 0 Å². The fourth-order valence-electron chi connectivity index (χ4n) is 2.17. The van der Waals surface area contributed by atoms with Crippen LogP contribution in [0.3, 0.4) is 0 Å². The highest BCUT2D eigenvalue weighted by molar-refractivity contribution is 5.98. The molecule has 4 nitrogen and oxygen atoms in total. The number of hydrogen-bond donors (Lipinski definition) is 0. The van der Waals surface area contributed by atoms with Crippen molar-refractivity contribution in [3.8, 4) is 5.75 Å². The first-order valence-electron chi connectivity index (χ1n) is 6.83. The Morgan fingerprint density at radius 3 is 2.67 bits per heavy atom. The molecule has 1 heterocycles. The summed E-state index contributed by atoms with van der Waals surface area (Å²) in [6.45, 7) is 6.89. The van der Waals surface area contributed by atoms with E-state index in [1.165, 1.54) is 0 Å². The summed E-state index contributed by atoms with van der Waals surface area (Å²) < 4.78 is 6.98. The third-order valence-corrected chi connectivity index (χ3v) is 3.33. The van der Waals surface area contributed by atoms with Crippen LogP contribution in [-0.2, 0) is 6.54 Å². The molecule has 0 aliphatic heterocycles. The average Bonchev–Trinajstić information content (AvgIpc) is 2.82. The van der Waals surface area contributed by atoms with Crippen LogP contribution in [0.4, 0.5) is 0 Å². The van der Waals surface area contributed by atoms with Crippen molar-refractivity contribution in [1.29, 1.82) is 0 Å². The summed E-state index contributed by atoms with van der Waals surface area (Å²) in [5.41, 5.74) is 0.628. The number of aryl methyl sites for hydroxylation is 1. The van der Waals surface area contributed by atoms with Crippen LogP contribution in [0.1, 0.15) is 56.9 Å². The lowest BCUT2D eigenvalue weighted by Crippen LogP contribution is -2.19. The van der Waals surface area contributed by atoms with E-state index in [0.29, 0.717) is 18.0 Å². The van der Waals surface area contributed by atoms with E-state index in [4.69, 9.17) is 4.74 Å². The molecule has 1 aromatic heterocycles. The highest BCUT2D eigenvalue weighted by Crippen LogP contribution is 2.25. The lowest BCUT2D eigenvalue weighted by atomic mass is 9.92. The van der Waals surface area contributed by atoms with Gasteiger partial charge in [0.25, 0.3) is 0 Å². The number of unbranched alkanes of at least 4 members (excludes halogenated alkanes) is 1. The molecule has 0 N–H and O–H groups in total. The Balaban J connectivity index is 2.96. The first-order valence-corrected chi connectivity index (χ1v) is 6.83. The topological polar surface area (TPSA) is 44.1 Å². The molecule has 0 saturated carbocycles. The Morgan fingerprint density at radius 2 is 2.17 bits per heavy atom. The van der Waals surface area contributed by atoms with Gasteiger partial charge in [0.2, 0.25) is 0 Å². The van der Waals surface area contributed by atoms with Crippen molar-refractivity contribution >= 4 is 5.78 Å². The maximum Gasteiger partial charge on any atom is 0.187 e. The summed E-state index contributed by atoms with van der Waals surface area (Å²) in [5, 5.41) is 4.19. The highest BCUT2D eigenvalue weighted by Gasteiger charge is 2.25. The maximum atomic E-state index is 12.6. The molecule has 4 heteroatoms. The van der Waals surface area contributed by atoms with Gasteiger partial charge in [-0.05, 0) is 19.8 Å². The quantitative estimate of drug-likeness (QED) is 0.667. The van der Waals surface area contributed by atoms with E-state index in [0.717, 1.165) is 25.7 Å². The van der Waals surface area contributed by atoms with E-state index in [9.17, 15) is 4.79 Å². The number of ketones is 1. The smallest absolute Gasteiger partial charge is 0.187 e. The summed E-state index contributed by atoms with van der Waals surface area (Å²) >= 11 is 0. The second-order valence-electron chi connectivity index (χ2n) is 4.49. The molecule has 102 valence electrons. The molecule has 0 aromatic carbocycles. The van der Waals surface area contributed by atoms with Crippen LogP contribution < -0.4 is 4.74 Å². The van der Waals surface area contributed by atoms with Gasteiger partial charge >= 0.3 is 0 Å². The second kappa shape index (κ2) is 7.19. The van der Waals surface area contributed by atoms with Gasteiger partial charge in [0.15, 0.2) is 11.5 Å². The number of methoxy groups -OCH3 is 1. The molecule has 0 aliphatic rings. The minimum atomic E-state index is 0.0841. The third kappa shape index (κ3) is 3.12. The maximum absolute atomic E-state index is 12.6. The largest absolute Gasteiger partial charge is 0.493 e. The number of nitrogens with zero attached hydrogens (tertiary/aromatic N) is 2. The van der Waals surface area contributed by atoms with Crippen LogP contribution in [-0.4, -0.2) is 22.7 Å². The molecule has 0 radical (unpaired) electrons. The SMILES string of the molecule is CCCCC(CC)C(=O)c1c(OC)cnn1CC. The first-order chi connectivity index (χ1) is 8.69. The van der Waals surface area contributed by atoms with Crippen molar-refractivity contribution in [1.82, 2.24) is 9.78 Å². The van der Waals surface area contributed by atoms with Gasteiger partial charge in [-0.3, -0.25) is 9.48 Å². The van der Waals surface area contributed by atoms with Gasteiger partial charge < -0.3 is 4.74 Å². The number of rotatable bonds is 8. The van der Waals surface area contributed by atoms with Crippen molar-refractivity contribution in [3.63, 3.8) is 0 Å². The zero-order chi connectivity index (χ0) is 13.5. The first kappa shape index (κ1) is 14.7. The minimum Gasteiger partial charge on any atom is -0.493 e. The fraction of sp³-hybridized carbons (Fsp3) is 0.714. The number of Topliss-reactive ketones (excluding diaryl/α,β-unsaturated/α-hetero) is 1. The Labute approximate surface area is 109 Å². The molecular weight excluding hydrogens is 228 g/mol. The predicted octanol–water partition coefficient (Wildman–Crippen LogP) is 3.31. The van der Waals surface area contributed by atoms with E-state index in [1.807, 2.05) is 6.92 Å². The Morgan fingerprint density at radius 1 is 1.44 bits per heavy atom. The fourth-order valence-corrected chi connectivity index (χ4v) is 2.17. The molecule has 1 atom stereocenters. The van der Waals surface area contributed by atoms with Crippen molar-refractivity contribution in [2.24, 2.45) is 5.92 Å². The standard InChI is InChI=1S/C14H24N2O2/c1-5-8-9-11(6-2)14(17)13-12(18-4)10-15-16(13)7-3/h10-11H,5-9H2,1-4H3. The monoisotopic (exact) mass is 252 g/mol. The van der Waals surface area contributed by atoms with E-state index in [-0.39, 0.29) is 11.7 Å². The lowest BCUT2D eigenvalue weighted by Gasteiger charge is -2.14. The number of hydrogen-bond acceptors (Lipinski definition) is 3. The Bertz CT molecular complexity index is 364. The summed E-state index contributed by atoms with van der Waals surface area (Å²) in [6.07, 6.45) is 5.66. The van der Waals surface area contributed by atoms with Gasteiger partial charge in [0, 0.05) is 12.5 Å². The molecule has 1 rings (SSSR count). The molecule has 18 heavy (non-hydrogen) atoms. The number of carbonyl (C=O) groups excluding carboxylic acids is 1. The van der Waals surface area contributed by atoms with Crippen LogP contribution in [0.25, 0.3) is 0 Å². The third-order valence-electron chi connectivity index (χ3n) is 3.33. The molecule has 0 spiro atoms. The highest BCUT2D eigenvalue weighted by atomic mass is 16.5. The lowest BCUT2D eigenvalue weighted by molar-refractivity contribution is 0.0894. The van der Waals surface area contributed by atoms with Gasteiger partial charge in [0.1, 0.15) is 5.69 Å². The van der Waals surface area contributed by atoms with Crippen LogP contribution in [0, 0.1) is 5.92 Å². The molecule has 0 bridgehead atoms. The van der Waals surface area contributed by atoms with E-state index in [1.54, 1.807) is 18.0 Å². The van der Waals surface area contributed by atoms with E-state index in [2.05, 4.69) is 18.9 Å². The van der Waals surface area contributed by atoms with Gasteiger partial charge in [-0.25, -0.2) is 0 Å². The molecule has 0 saturated heterocycles. The van der Waals surface area contributed by atoms with Crippen molar-refractivity contribution < 1.29 is 9.53 Å². The molecule has 1 aromatic rings. The number of ether oxygens (including phenoxy) is 1. The summed E-state index contributed by atoms with van der Waals surface area (Å²) in [6, 6.07) is 0. The molecule has 1 unspecified atom stereocenters. The van der Waals surface area contributed by atoms with Gasteiger partial charge in [-0.15, -0.1) is 0 Å². The van der Waals surface area contributed by atoms with Crippen molar-refractivity contribution in [2.45, 2.75) is 53.0 Å². The number of carbonyl (C=O) groups is 1. The Kier molecular flexibility index (Phi) is 5.89.